The topological polar surface area (TPSA) is 49.4 Å². The Balaban J connectivity index is 1.81. The van der Waals surface area contributed by atoms with Crippen LogP contribution in [0, 0.1) is 6.92 Å². The molecular formula is C27H29BrN2O2S. The van der Waals surface area contributed by atoms with Crippen molar-refractivity contribution >= 4 is 39.5 Å². The third kappa shape index (κ3) is 7.76. The SMILES string of the molecule is CNC(=O)[C@@H](Cc1ccccc1)N(Cc1cccc(Br)c1)C(=O)CSCc1cccc(C)c1. The molecule has 6 heteroatoms. The van der Waals surface area contributed by atoms with Crippen molar-refractivity contribution in [2.45, 2.75) is 31.7 Å². The molecule has 0 fully saturated rings. The zero-order valence-electron chi connectivity index (χ0n) is 19.0. The number of carbonyl (C=O) groups excluding carboxylic acids is 2. The van der Waals surface area contributed by atoms with Gasteiger partial charge in [-0.15, -0.1) is 11.8 Å². The van der Waals surface area contributed by atoms with Crippen molar-refractivity contribution in [3.05, 3.63) is 106 Å². The summed E-state index contributed by atoms with van der Waals surface area (Å²) in [6.45, 7) is 2.44. The summed E-state index contributed by atoms with van der Waals surface area (Å²) in [5.74, 6) is 0.856. The van der Waals surface area contributed by atoms with Crippen LogP contribution in [0.3, 0.4) is 0 Å². The fraction of sp³-hybridized carbons (Fsp3) is 0.259. The summed E-state index contributed by atoms with van der Waals surface area (Å²) >= 11 is 5.09. The lowest BCUT2D eigenvalue weighted by Crippen LogP contribution is -2.50. The number of benzene rings is 3. The van der Waals surface area contributed by atoms with E-state index in [4.69, 9.17) is 0 Å². The largest absolute Gasteiger partial charge is 0.357 e. The van der Waals surface area contributed by atoms with E-state index >= 15 is 0 Å². The van der Waals surface area contributed by atoms with Crippen LogP contribution in [0.4, 0.5) is 0 Å². The number of nitrogens with one attached hydrogen (secondary N) is 1. The molecule has 0 heterocycles. The molecule has 33 heavy (non-hydrogen) atoms. The van der Waals surface area contributed by atoms with Crippen molar-refractivity contribution < 1.29 is 9.59 Å². The predicted octanol–water partition coefficient (Wildman–Crippen LogP) is 5.38. The van der Waals surface area contributed by atoms with E-state index in [-0.39, 0.29) is 11.8 Å². The maximum atomic E-state index is 13.5. The average molecular weight is 526 g/mol. The van der Waals surface area contributed by atoms with Gasteiger partial charge in [0, 0.05) is 30.2 Å². The zero-order chi connectivity index (χ0) is 23.6. The second-order valence-electron chi connectivity index (χ2n) is 7.95. The lowest BCUT2D eigenvalue weighted by Gasteiger charge is -2.31. The van der Waals surface area contributed by atoms with Gasteiger partial charge in [-0.25, -0.2) is 0 Å². The highest BCUT2D eigenvalue weighted by Gasteiger charge is 2.29. The van der Waals surface area contributed by atoms with Crippen molar-refractivity contribution in [2.24, 2.45) is 0 Å². The van der Waals surface area contributed by atoms with E-state index in [9.17, 15) is 9.59 Å². The van der Waals surface area contributed by atoms with Gasteiger partial charge in [-0.3, -0.25) is 9.59 Å². The van der Waals surface area contributed by atoms with E-state index in [1.165, 1.54) is 11.1 Å². The number of amides is 2. The van der Waals surface area contributed by atoms with Crippen LogP contribution in [-0.2, 0) is 28.3 Å². The molecule has 0 aromatic heterocycles. The first-order valence-corrected chi connectivity index (χ1v) is 12.8. The maximum Gasteiger partial charge on any atom is 0.242 e. The van der Waals surface area contributed by atoms with Gasteiger partial charge in [0.25, 0.3) is 0 Å². The van der Waals surface area contributed by atoms with Gasteiger partial charge >= 0.3 is 0 Å². The van der Waals surface area contributed by atoms with E-state index < -0.39 is 6.04 Å². The minimum atomic E-state index is -0.594. The molecule has 0 saturated heterocycles. The van der Waals surface area contributed by atoms with Crippen molar-refractivity contribution in [2.75, 3.05) is 12.8 Å². The van der Waals surface area contributed by atoms with Crippen LogP contribution < -0.4 is 5.32 Å². The van der Waals surface area contributed by atoms with Gasteiger partial charge < -0.3 is 10.2 Å². The Morgan fingerprint density at radius 2 is 1.64 bits per heavy atom. The van der Waals surface area contributed by atoms with E-state index in [1.54, 1.807) is 23.7 Å². The molecule has 0 aliphatic carbocycles. The van der Waals surface area contributed by atoms with Gasteiger partial charge in [-0.2, -0.15) is 0 Å². The first kappa shape index (κ1) is 25.1. The lowest BCUT2D eigenvalue weighted by atomic mass is 10.0. The Labute approximate surface area is 208 Å². The Morgan fingerprint density at radius 1 is 0.939 bits per heavy atom. The van der Waals surface area contributed by atoms with E-state index in [0.717, 1.165) is 21.4 Å². The van der Waals surface area contributed by atoms with Crippen molar-refractivity contribution in [1.29, 1.82) is 0 Å². The Hall–Kier alpha value is -2.57. The monoisotopic (exact) mass is 524 g/mol. The molecule has 3 rings (SSSR count). The van der Waals surface area contributed by atoms with Gasteiger partial charge in [0.1, 0.15) is 6.04 Å². The van der Waals surface area contributed by atoms with Gasteiger partial charge in [-0.1, -0.05) is 88.2 Å². The predicted molar refractivity (Wildman–Crippen MR) is 140 cm³/mol. The number of hydrogen-bond acceptors (Lipinski definition) is 3. The van der Waals surface area contributed by atoms with Gasteiger partial charge in [0.15, 0.2) is 0 Å². The molecule has 1 N–H and O–H groups in total. The second kappa shape index (κ2) is 12.6. The Bertz CT molecular complexity index is 1070. The first-order valence-electron chi connectivity index (χ1n) is 10.9. The third-order valence-corrected chi connectivity index (χ3v) is 6.82. The number of likely N-dealkylation sites (N-methyl/N-ethyl adjacent to an activating group) is 1. The highest BCUT2D eigenvalue weighted by molar-refractivity contribution is 9.10. The molecule has 0 saturated carbocycles. The summed E-state index contributed by atoms with van der Waals surface area (Å²) in [5, 5.41) is 2.76. The maximum absolute atomic E-state index is 13.5. The summed E-state index contributed by atoms with van der Waals surface area (Å²) in [7, 11) is 1.62. The van der Waals surface area contributed by atoms with Gasteiger partial charge in [0.2, 0.25) is 11.8 Å². The molecule has 4 nitrogen and oxygen atoms in total. The van der Waals surface area contributed by atoms with Gasteiger partial charge in [0.05, 0.1) is 5.75 Å². The highest BCUT2D eigenvalue weighted by atomic mass is 79.9. The summed E-state index contributed by atoms with van der Waals surface area (Å²) in [6, 6.07) is 25.4. The Morgan fingerprint density at radius 3 is 2.33 bits per heavy atom. The minimum Gasteiger partial charge on any atom is -0.357 e. The van der Waals surface area contributed by atoms with Crippen LogP contribution in [0.15, 0.2) is 83.3 Å². The fourth-order valence-corrected chi connectivity index (χ4v) is 5.00. The number of nitrogens with zero attached hydrogens (tertiary/aromatic N) is 1. The van der Waals surface area contributed by atoms with Crippen LogP contribution in [-0.4, -0.2) is 35.6 Å². The number of carbonyl (C=O) groups is 2. The van der Waals surface area contributed by atoms with Gasteiger partial charge in [-0.05, 0) is 35.7 Å². The summed E-state index contributed by atoms with van der Waals surface area (Å²) < 4.78 is 0.945. The van der Waals surface area contributed by atoms with Crippen molar-refractivity contribution in [3.8, 4) is 0 Å². The third-order valence-electron chi connectivity index (χ3n) is 5.34. The molecule has 0 unspecified atom stereocenters. The molecule has 0 radical (unpaired) electrons. The quantitative estimate of drug-likeness (QED) is 0.387. The molecule has 3 aromatic rings. The molecule has 172 valence electrons. The Kier molecular flexibility index (Phi) is 9.58. The molecule has 3 aromatic carbocycles. The molecular weight excluding hydrogens is 496 g/mol. The number of hydrogen-bond donors (Lipinski definition) is 1. The molecule has 0 aliphatic heterocycles. The lowest BCUT2D eigenvalue weighted by molar-refractivity contribution is -0.139. The van der Waals surface area contributed by atoms with Crippen LogP contribution in [0.2, 0.25) is 0 Å². The van der Waals surface area contributed by atoms with E-state index in [1.807, 2.05) is 60.7 Å². The summed E-state index contributed by atoms with van der Waals surface area (Å²) in [5.41, 5.74) is 4.39. The number of halogens is 1. The standard InChI is InChI=1S/C27H29BrN2O2S/c1-20-8-6-12-23(14-20)18-33-19-26(31)30(17-22-11-7-13-24(28)15-22)25(27(32)29-2)16-21-9-4-3-5-10-21/h3-15,25H,16-19H2,1-2H3,(H,29,32)/t25-/m1/s1. The average Bonchev–Trinajstić information content (AvgIpc) is 2.81. The summed E-state index contributed by atoms with van der Waals surface area (Å²) in [6.07, 6.45) is 0.461. The molecule has 0 bridgehead atoms. The minimum absolute atomic E-state index is 0.0443. The second-order valence-corrected chi connectivity index (χ2v) is 9.85. The van der Waals surface area contributed by atoms with E-state index in [0.29, 0.717) is 18.7 Å². The number of aryl methyl sites for hydroxylation is 1. The first-order chi connectivity index (χ1) is 16.0. The van der Waals surface area contributed by atoms with Crippen LogP contribution in [0.5, 0.6) is 0 Å². The highest BCUT2D eigenvalue weighted by Crippen LogP contribution is 2.20. The zero-order valence-corrected chi connectivity index (χ0v) is 21.4. The normalized spacial score (nSPS) is 11.6. The summed E-state index contributed by atoms with van der Waals surface area (Å²) in [4.78, 5) is 28.1. The number of rotatable bonds is 10. The smallest absolute Gasteiger partial charge is 0.242 e. The molecule has 1 atom stereocenters. The van der Waals surface area contributed by atoms with Crippen LogP contribution in [0.25, 0.3) is 0 Å². The fourth-order valence-electron chi connectivity index (χ4n) is 3.69. The number of thioether (sulfide) groups is 1. The van der Waals surface area contributed by atoms with Crippen molar-refractivity contribution in [3.63, 3.8) is 0 Å². The van der Waals surface area contributed by atoms with Crippen LogP contribution in [0.1, 0.15) is 22.3 Å². The molecule has 0 spiro atoms. The molecule has 0 aliphatic rings. The van der Waals surface area contributed by atoms with Crippen LogP contribution >= 0.6 is 27.7 Å². The van der Waals surface area contributed by atoms with E-state index in [2.05, 4.69) is 46.4 Å². The molecule has 2 amide bonds. The van der Waals surface area contributed by atoms with Crippen molar-refractivity contribution in [1.82, 2.24) is 10.2 Å².